The van der Waals surface area contributed by atoms with E-state index in [0.29, 0.717) is 43.9 Å². The van der Waals surface area contributed by atoms with Gasteiger partial charge in [-0.25, -0.2) is 4.39 Å². The van der Waals surface area contributed by atoms with Gasteiger partial charge in [0.1, 0.15) is 11.6 Å². The lowest BCUT2D eigenvalue weighted by atomic mass is 10.0. The van der Waals surface area contributed by atoms with Gasteiger partial charge in [-0.2, -0.15) is 0 Å². The van der Waals surface area contributed by atoms with Gasteiger partial charge >= 0.3 is 0 Å². The average Bonchev–Trinajstić information content (AvgIpc) is 2.69. The Morgan fingerprint density at radius 3 is 2.59 bits per heavy atom. The number of benzene rings is 2. The molecule has 27 heavy (non-hydrogen) atoms. The summed E-state index contributed by atoms with van der Waals surface area (Å²) in [6.07, 6.45) is 1.27. The lowest BCUT2D eigenvalue weighted by Gasteiger charge is -2.32. The number of ether oxygens (including phenoxy) is 1. The summed E-state index contributed by atoms with van der Waals surface area (Å²) in [7, 11) is 0. The summed E-state index contributed by atoms with van der Waals surface area (Å²) < 4.78 is 19.2. The van der Waals surface area contributed by atoms with Crippen molar-refractivity contribution in [3.63, 3.8) is 0 Å². The summed E-state index contributed by atoms with van der Waals surface area (Å²) >= 11 is 0. The number of nitrogens with zero attached hydrogens (tertiary/aromatic N) is 1. The van der Waals surface area contributed by atoms with Gasteiger partial charge in [-0.15, -0.1) is 0 Å². The molecule has 0 unspecified atom stereocenters. The third kappa shape index (κ3) is 4.64. The number of nitrogens with one attached hydrogen (secondary N) is 1. The molecule has 0 saturated carbocycles. The second-order valence-electron chi connectivity index (χ2n) is 6.48. The monoisotopic (exact) mass is 370 g/mol. The van der Waals surface area contributed by atoms with Crippen LogP contribution in [0.25, 0.3) is 0 Å². The van der Waals surface area contributed by atoms with Crippen LogP contribution in [0.3, 0.4) is 0 Å². The van der Waals surface area contributed by atoms with E-state index in [4.69, 9.17) is 4.74 Å². The molecular formula is C21H23FN2O3. The number of rotatable bonds is 5. The second-order valence-corrected chi connectivity index (χ2v) is 6.48. The zero-order valence-corrected chi connectivity index (χ0v) is 15.3. The number of likely N-dealkylation sites (tertiary alicyclic amines) is 1. The molecule has 0 atom stereocenters. The lowest BCUT2D eigenvalue weighted by Crippen LogP contribution is -2.46. The number of hydrogen-bond acceptors (Lipinski definition) is 3. The lowest BCUT2D eigenvalue weighted by molar-refractivity contribution is 0.0693. The molecule has 0 radical (unpaired) electrons. The van der Waals surface area contributed by atoms with Crippen LogP contribution in [0.1, 0.15) is 40.5 Å². The highest BCUT2D eigenvalue weighted by Crippen LogP contribution is 2.17. The van der Waals surface area contributed by atoms with E-state index in [1.165, 1.54) is 12.1 Å². The molecule has 5 nitrogen and oxygen atoms in total. The standard InChI is InChI=1S/C21H23FN2O3/c1-2-27-17-7-5-6-15(14-17)20(25)23-16-10-12-24(13-11-16)21(26)18-8-3-4-9-19(18)22/h3-9,14,16H,2,10-13H2,1H3,(H,23,25). The third-order valence-corrected chi connectivity index (χ3v) is 4.63. The van der Waals surface area contributed by atoms with E-state index in [-0.39, 0.29) is 23.4 Å². The first-order chi connectivity index (χ1) is 13.1. The van der Waals surface area contributed by atoms with Crippen LogP contribution in [0.5, 0.6) is 5.75 Å². The van der Waals surface area contributed by atoms with Crippen molar-refractivity contribution in [1.29, 1.82) is 0 Å². The van der Waals surface area contributed by atoms with E-state index in [1.807, 2.05) is 13.0 Å². The number of halogens is 1. The number of carbonyl (C=O) groups excluding carboxylic acids is 2. The van der Waals surface area contributed by atoms with E-state index >= 15 is 0 Å². The van der Waals surface area contributed by atoms with Crippen molar-refractivity contribution in [2.75, 3.05) is 19.7 Å². The highest BCUT2D eigenvalue weighted by atomic mass is 19.1. The molecule has 2 aromatic carbocycles. The van der Waals surface area contributed by atoms with E-state index in [9.17, 15) is 14.0 Å². The Morgan fingerprint density at radius 1 is 1.15 bits per heavy atom. The average molecular weight is 370 g/mol. The van der Waals surface area contributed by atoms with Crippen LogP contribution in [0.15, 0.2) is 48.5 Å². The Morgan fingerprint density at radius 2 is 1.89 bits per heavy atom. The first kappa shape index (κ1) is 18.9. The van der Waals surface area contributed by atoms with E-state index in [2.05, 4.69) is 5.32 Å². The molecule has 1 saturated heterocycles. The highest BCUT2D eigenvalue weighted by molar-refractivity contribution is 5.95. The highest BCUT2D eigenvalue weighted by Gasteiger charge is 2.26. The predicted octanol–water partition coefficient (Wildman–Crippen LogP) is 3.26. The summed E-state index contributed by atoms with van der Waals surface area (Å²) in [5, 5.41) is 3.01. The fourth-order valence-electron chi connectivity index (χ4n) is 3.19. The fourth-order valence-corrected chi connectivity index (χ4v) is 3.19. The van der Waals surface area contributed by atoms with Gasteiger partial charge in [0.25, 0.3) is 11.8 Å². The second kappa shape index (κ2) is 8.66. The maximum Gasteiger partial charge on any atom is 0.256 e. The zero-order valence-electron chi connectivity index (χ0n) is 15.3. The number of hydrogen-bond donors (Lipinski definition) is 1. The summed E-state index contributed by atoms with van der Waals surface area (Å²) in [6.45, 7) is 3.40. The Hall–Kier alpha value is -2.89. The molecule has 142 valence electrons. The van der Waals surface area contributed by atoms with Crippen LogP contribution in [0, 0.1) is 5.82 Å². The van der Waals surface area contributed by atoms with Crippen molar-refractivity contribution >= 4 is 11.8 Å². The topological polar surface area (TPSA) is 58.6 Å². The largest absolute Gasteiger partial charge is 0.494 e. The van der Waals surface area contributed by atoms with Crippen LogP contribution < -0.4 is 10.1 Å². The third-order valence-electron chi connectivity index (χ3n) is 4.63. The minimum atomic E-state index is -0.507. The summed E-state index contributed by atoms with van der Waals surface area (Å²) in [6, 6.07) is 13.0. The van der Waals surface area contributed by atoms with Gasteiger partial charge < -0.3 is 15.0 Å². The van der Waals surface area contributed by atoms with Gasteiger partial charge in [0, 0.05) is 24.7 Å². The smallest absolute Gasteiger partial charge is 0.256 e. The Labute approximate surface area is 158 Å². The molecule has 1 heterocycles. The first-order valence-corrected chi connectivity index (χ1v) is 9.16. The summed E-state index contributed by atoms with van der Waals surface area (Å²) in [5.41, 5.74) is 0.638. The first-order valence-electron chi connectivity index (χ1n) is 9.16. The zero-order chi connectivity index (χ0) is 19.2. The van der Waals surface area contributed by atoms with Crippen LogP contribution in [-0.4, -0.2) is 42.5 Å². The van der Waals surface area contributed by atoms with E-state index in [1.54, 1.807) is 35.2 Å². The maximum atomic E-state index is 13.8. The van der Waals surface area contributed by atoms with Crippen LogP contribution >= 0.6 is 0 Å². The number of piperidine rings is 1. The molecule has 2 amide bonds. The molecule has 0 spiro atoms. The Kier molecular flexibility index (Phi) is 6.06. The van der Waals surface area contributed by atoms with Gasteiger partial charge in [-0.3, -0.25) is 9.59 Å². The van der Waals surface area contributed by atoms with Gasteiger partial charge in [0.05, 0.1) is 12.2 Å². The quantitative estimate of drug-likeness (QED) is 0.879. The molecule has 1 fully saturated rings. The van der Waals surface area contributed by atoms with Gasteiger partial charge in [0.2, 0.25) is 0 Å². The van der Waals surface area contributed by atoms with Crippen molar-refractivity contribution in [3.05, 3.63) is 65.5 Å². The molecule has 0 aliphatic carbocycles. The molecule has 3 rings (SSSR count). The summed E-state index contributed by atoms with van der Waals surface area (Å²) in [4.78, 5) is 26.5. The van der Waals surface area contributed by atoms with Crippen molar-refractivity contribution in [3.8, 4) is 5.75 Å². The Bertz CT molecular complexity index is 817. The van der Waals surface area contributed by atoms with Gasteiger partial charge in [0.15, 0.2) is 0 Å². The minimum Gasteiger partial charge on any atom is -0.494 e. The van der Waals surface area contributed by atoms with Gasteiger partial charge in [-0.05, 0) is 50.1 Å². The molecular weight excluding hydrogens is 347 g/mol. The van der Waals surface area contributed by atoms with Crippen LogP contribution in [-0.2, 0) is 0 Å². The summed E-state index contributed by atoms with van der Waals surface area (Å²) in [5.74, 6) is -0.305. The molecule has 0 bridgehead atoms. The Balaban J connectivity index is 1.55. The molecule has 6 heteroatoms. The van der Waals surface area contributed by atoms with E-state index < -0.39 is 5.82 Å². The normalized spacial score (nSPS) is 14.7. The molecule has 1 aliphatic rings. The predicted molar refractivity (Wildman–Crippen MR) is 100 cm³/mol. The SMILES string of the molecule is CCOc1cccc(C(=O)NC2CCN(C(=O)c3ccccc3F)CC2)c1. The van der Waals surface area contributed by atoms with E-state index in [0.717, 1.165) is 0 Å². The number of amides is 2. The molecule has 1 N–H and O–H groups in total. The van der Waals surface area contributed by atoms with Crippen LogP contribution in [0.4, 0.5) is 4.39 Å². The molecule has 1 aliphatic heterocycles. The molecule has 0 aromatic heterocycles. The molecule has 2 aromatic rings. The van der Waals surface area contributed by atoms with Crippen LogP contribution in [0.2, 0.25) is 0 Å². The number of carbonyl (C=O) groups is 2. The van der Waals surface area contributed by atoms with Crippen molar-refractivity contribution in [2.45, 2.75) is 25.8 Å². The van der Waals surface area contributed by atoms with Crippen molar-refractivity contribution < 1.29 is 18.7 Å². The fraction of sp³-hybridized carbons (Fsp3) is 0.333. The van der Waals surface area contributed by atoms with Gasteiger partial charge in [-0.1, -0.05) is 18.2 Å². The van der Waals surface area contributed by atoms with Crippen molar-refractivity contribution in [1.82, 2.24) is 10.2 Å². The maximum absolute atomic E-state index is 13.8. The minimum absolute atomic E-state index is 0.0158. The van der Waals surface area contributed by atoms with Crippen molar-refractivity contribution in [2.24, 2.45) is 0 Å².